The average Bonchev–Trinajstić information content (AvgIpc) is 2.79. The van der Waals surface area contributed by atoms with Crippen molar-refractivity contribution in [2.75, 3.05) is 18.1 Å². The van der Waals surface area contributed by atoms with Gasteiger partial charge in [0.1, 0.15) is 4.90 Å². The first kappa shape index (κ1) is 16.3. The minimum Gasteiger partial charge on any atom is -0.312 e. The normalized spacial score (nSPS) is 20.2. The molecule has 1 aliphatic heterocycles. The predicted molar refractivity (Wildman–Crippen MR) is 87.1 cm³/mol. The number of thioether (sulfide) groups is 1. The molecular weight excluding hydrogens is 312 g/mol. The summed E-state index contributed by atoms with van der Waals surface area (Å²) in [6, 6.07) is 0.0741. The predicted octanol–water partition coefficient (Wildman–Crippen LogP) is 2.34. The third-order valence-corrected chi connectivity index (χ3v) is 7.47. The lowest BCUT2D eigenvalue weighted by Crippen LogP contribution is -2.38. The Kier molecular flexibility index (Phi) is 5.92. The van der Waals surface area contributed by atoms with Gasteiger partial charge in [0.15, 0.2) is 0 Å². The van der Waals surface area contributed by atoms with Gasteiger partial charge in [-0.1, -0.05) is 6.92 Å². The molecule has 0 radical (unpaired) electrons. The SMILES string of the molecule is CCNCc1scc(C)c1S(=O)(=O)NC1CCCSC1. The van der Waals surface area contributed by atoms with E-state index in [1.165, 1.54) is 11.3 Å². The summed E-state index contributed by atoms with van der Waals surface area (Å²) in [5.41, 5.74) is 0.846. The van der Waals surface area contributed by atoms with E-state index in [-0.39, 0.29) is 6.04 Å². The van der Waals surface area contributed by atoms with E-state index in [9.17, 15) is 8.42 Å². The Morgan fingerprint density at radius 3 is 2.90 bits per heavy atom. The highest BCUT2D eigenvalue weighted by Gasteiger charge is 2.26. The van der Waals surface area contributed by atoms with E-state index in [1.54, 1.807) is 0 Å². The fourth-order valence-electron chi connectivity index (χ4n) is 2.32. The summed E-state index contributed by atoms with van der Waals surface area (Å²) in [7, 11) is -3.40. The van der Waals surface area contributed by atoms with Gasteiger partial charge in [-0.3, -0.25) is 0 Å². The molecule has 1 aromatic rings. The molecular formula is C13H22N2O2S3. The van der Waals surface area contributed by atoms with Gasteiger partial charge in [-0.15, -0.1) is 11.3 Å². The molecule has 2 N–H and O–H groups in total. The quantitative estimate of drug-likeness (QED) is 0.838. The molecule has 1 atom stereocenters. The monoisotopic (exact) mass is 334 g/mol. The number of hydrogen-bond acceptors (Lipinski definition) is 5. The van der Waals surface area contributed by atoms with Crippen LogP contribution < -0.4 is 10.0 Å². The number of aryl methyl sites for hydroxylation is 1. The van der Waals surface area contributed by atoms with Crippen LogP contribution in [0.25, 0.3) is 0 Å². The first-order valence-electron chi connectivity index (χ1n) is 6.92. The lowest BCUT2D eigenvalue weighted by molar-refractivity contribution is 0.541. The average molecular weight is 335 g/mol. The maximum atomic E-state index is 12.6. The molecule has 1 aromatic heterocycles. The first-order chi connectivity index (χ1) is 9.54. The Hall–Kier alpha value is -0.0800. The first-order valence-corrected chi connectivity index (χ1v) is 10.4. The number of rotatable bonds is 6. The summed E-state index contributed by atoms with van der Waals surface area (Å²) < 4.78 is 28.1. The van der Waals surface area contributed by atoms with Crippen molar-refractivity contribution in [2.45, 2.75) is 44.2 Å². The maximum Gasteiger partial charge on any atom is 0.242 e. The van der Waals surface area contributed by atoms with E-state index in [2.05, 4.69) is 10.0 Å². The van der Waals surface area contributed by atoms with Gasteiger partial charge in [-0.2, -0.15) is 11.8 Å². The summed E-state index contributed by atoms with van der Waals surface area (Å²) in [4.78, 5) is 1.39. The van der Waals surface area contributed by atoms with Crippen molar-refractivity contribution in [2.24, 2.45) is 0 Å². The van der Waals surface area contributed by atoms with Gasteiger partial charge in [-0.25, -0.2) is 13.1 Å². The van der Waals surface area contributed by atoms with Crippen LogP contribution in [0.2, 0.25) is 0 Å². The summed E-state index contributed by atoms with van der Waals surface area (Å²) in [6.07, 6.45) is 2.03. The molecule has 20 heavy (non-hydrogen) atoms. The molecule has 0 spiro atoms. The Labute approximate surface area is 129 Å². The standard InChI is InChI=1S/C13H22N2O2S3/c1-3-14-7-12-13(10(2)8-19-12)20(16,17)15-11-5-4-6-18-9-11/h8,11,14-15H,3-7,9H2,1-2H3. The van der Waals surface area contributed by atoms with E-state index in [4.69, 9.17) is 0 Å². The molecule has 114 valence electrons. The second kappa shape index (κ2) is 7.26. The smallest absolute Gasteiger partial charge is 0.242 e. The molecule has 4 nitrogen and oxygen atoms in total. The second-order valence-electron chi connectivity index (χ2n) is 4.99. The summed E-state index contributed by atoms with van der Waals surface area (Å²) >= 11 is 3.34. The van der Waals surface area contributed by atoms with Crippen molar-refractivity contribution in [3.05, 3.63) is 15.8 Å². The third-order valence-electron chi connectivity index (χ3n) is 3.28. The molecule has 1 aliphatic rings. The third kappa shape index (κ3) is 3.98. The maximum absolute atomic E-state index is 12.6. The van der Waals surface area contributed by atoms with Crippen LogP contribution in [0.5, 0.6) is 0 Å². The highest BCUT2D eigenvalue weighted by Crippen LogP contribution is 2.28. The molecule has 0 aromatic carbocycles. The highest BCUT2D eigenvalue weighted by molar-refractivity contribution is 7.99. The summed E-state index contributed by atoms with van der Waals surface area (Å²) in [5.74, 6) is 2.02. The van der Waals surface area contributed by atoms with Crippen LogP contribution in [-0.2, 0) is 16.6 Å². The van der Waals surface area contributed by atoms with Crippen molar-refractivity contribution < 1.29 is 8.42 Å². The minimum atomic E-state index is -3.40. The van der Waals surface area contributed by atoms with Crippen LogP contribution in [0.1, 0.15) is 30.2 Å². The zero-order chi connectivity index (χ0) is 14.6. The van der Waals surface area contributed by atoms with E-state index in [1.807, 2.05) is 31.0 Å². The topological polar surface area (TPSA) is 58.2 Å². The largest absolute Gasteiger partial charge is 0.312 e. The van der Waals surface area contributed by atoms with E-state index in [0.717, 1.165) is 41.3 Å². The molecule has 1 saturated heterocycles. The Bertz CT molecular complexity index is 534. The Morgan fingerprint density at radius 1 is 1.45 bits per heavy atom. The van der Waals surface area contributed by atoms with Gasteiger partial charge in [0.05, 0.1) is 0 Å². The van der Waals surface area contributed by atoms with Gasteiger partial charge in [0.25, 0.3) is 0 Å². The van der Waals surface area contributed by atoms with Crippen LogP contribution in [0.3, 0.4) is 0 Å². The molecule has 0 bridgehead atoms. The molecule has 0 saturated carbocycles. The molecule has 2 rings (SSSR count). The highest BCUT2D eigenvalue weighted by atomic mass is 32.2. The van der Waals surface area contributed by atoms with Gasteiger partial charge in [0.2, 0.25) is 10.0 Å². The fourth-order valence-corrected chi connectivity index (χ4v) is 6.55. The van der Waals surface area contributed by atoms with Gasteiger partial charge in [0, 0.05) is 23.2 Å². The summed E-state index contributed by atoms with van der Waals surface area (Å²) in [5, 5.41) is 5.14. The van der Waals surface area contributed by atoms with E-state index >= 15 is 0 Å². The van der Waals surface area contributed by atoms with Crippen LogP contribution in [-0.4, -0.2) is 32.5 Å². The van der Waals surface area contributed by atoms with Crippen molar-refractivity contribution in [1.29, 1.82) is 0 Å². The Morgan fingerprint density at radius 2 is 2.25 bits per heavy atom. The van der Waals surface area contributed by atoms with Crippen molar-refractivity contribution in [1.82, 2.24) is 10.0 Å². The lowest BCUT2D eigenvalue weighted by Gasteiger charge is -2.22. The van der Waals surface area contributed by atoms with Crippen LogP contribution >= 0.6 is 23.1 Å². The van der Waals surface area contributed by atoms with Crippen molar-refractivity contribution >= 4 is 33.1 Å². The minimum absolute atomic E-state index is 0.0741. The summed E-state index contributed by atoms with van der Waals surface area (Å²) in [6.45, 7) is 5.34. The molecule has 1 unspecified atom stereocenters. The number of hydrogen-bond donors (Lipinski definition) is 2. The van der Waals surface area contributed by atoms with Crippen molar-refractivity contribution in [3.63, 3.8) is 0 Å². The van der Waals surface area contributed by atoms with Crippen molar-refractivity contribution in [3.8, 4) is 0 Å². The molecule has 0 amide bonds. The van der Waals surface area contributed by atoms with Gasteiger partial charge in [-0.05, 0) is 43.0 Å². The van der Waals surface area contributed by atoms with E-state index < -0.39 is 10.0 Å². The van der Waals surface area contributed by atoms with Crippen LogP contribution in [0, 0.1) is 6.92 Å². The van der Waals surface area contributed by atoms with Crippen LogP contribution in [0.4, 0.5) is 0 Å². The lowest BCUT2D eigenvalue weighted by atomic mass is 10.2. The van der Waals surface area contributed by atoms with Gasteiger partial charge >= 0.3 is 0 Å². The number of nitrogens with one attached hydrogen (secondary N) is 2. The van der Waals surface area contributed by atoms with Crippen LogP contribution in [0.15, 0.2) is 10.3 Å². The number of thiophene rings is 1. The van der Waals surface area contributed by atoms with E-state index in [0.29, 0.717) is 11.4 Å². The fraction of sp³-hybridized carbons (Fsp3) is 0.692. The number of sulfonamides is 1. The Balaban J connectivity index is 2.17. The van der Waals surface area contributed by atoms with Gasteiger partial charge < -0.3 is 5.32 Å². The molecule has 1 fully saturated rings. The zero-order valence-corrected chi connectivity index (χ0v) is 14.4. The zero-order valence-electron chi connectivity index (χ0n) is 11.9. The molecule has 0 aliphatic carbocycles. The second-order valence-corrected chi connectivity index (χ2v) is 8.75. The molecule has 2 heterocycles. The molecule has 7 heteroatoms.